The lowest BCUT2D eigenvalue weighted by atomic mass is 9.72. The zero-order valence-corrected chi connectivity index (χ0v) is 19.2. The maximum atomic E-state index is 12.2. The average molecular weight is 394 g/mol. The number of hydrogen-bond donors (Lipinski definition) is 0. The fourth-order valence-electron chi connectivity index (χ4n) is 4.19. The Morgan fingerprint density at radius 1 is 1.00 bits per heavy atom. The van der Waals surface area contributed by atoms with E-state index in [9.17, 15) is 9.59 Å². The van der Waals surface area contributed by atoms with Crippen LogP contribution in [0.1, 0.15) is 99.3 Å². The highest BCUT2D eigenvalue weighted by Crippen LogP contribution is 2.40. The molecule has 0 aliphatic carbocycles. The van der Waals surface area contributed by atoms with Gasteiger partial charge in [0.1, 0.15) is 0 Å². The number of unbranched alkanes of at least 4 members (excludes halogenated alkanes) is 4. The van der Waals surface area contributed by atoms with E-state index in [1.165, 1.54) is 42.7 Å². The van der Waals surface area contributed by atoms with E-state index in [0.29, 0.717) is 12.5 Å². The van der Waals surface area contributed by atoms with E-state index in [0.717, 1.165) is 38.7 Å². The van der Waals surface area contributed by atoms with Crippen molar-refractivity contribution >= 4 is 11.8 Å². The predicted octanol–water partition coefficient (Wildman–Crippen LogP) is 5.90. The average Bonchev–Trinajstić information content (AvgIpc) is 2.92. The molecule has 0 N–H and O–H groups in total. The van der Waals surface area contributed by atoms with E-state index in [-0.39, 0.29) is 22.8 Å². The molecule has 1 heterocycles. The van der Waals surface area contributed by atoms with Crippen molar-refractivity contribution in [1.82, 2.24) is 4.90 Å². The van der Waals surface area contributed by atoms with Gasteiger partial charge in [0.15, 0.2) is 0 Å². The van der Waals surface area contributed by atoms with Gasteiger partial charge in [0, 0.05) is 25.3 Å². The molecule has 0 aromatic heterocycles. The first-order valence-corrected chi connectivity index (χ1v) is 11.3. The Morgan fingerprint density at radius 2 is 1.61 bits per heavy atom. The normalized spacial score (nSPS) is 17.0. The van der Waals surface area contributed by atoms with Crippen molar-refractivity contribution in [2.24, 2.45) is 11.3 Å². The van der Waals surface area contributed by atoms with Crippen LogP contribution in [0, 0.1) is 11.3 Å². The summed E-state index contributed by atoms with van der Waals surface area (Å²) < 4.78 is 6.26. The van der Waals surface area contributed by atoms with E-state index in [2.05, 4.69) is 41.5 Å². The first-order chi connectivity index (χ1) is 13.1. The summed E-state index contributed by atoms with van der Waals surface area (Å²) in [7, 11) is 0. The van der Waals surface area contributed by atoms with Crippen LogP contribution in [0.3, 0.4) is 0 Å². The summed E-state index contributed by atoms with van der Waals surface area (Å²) in [4.78, 5) is 25.8. The zero-order valence-electron chi connectivity index (χ0n) is 19.2. The SMILES string of the molecule is CCCCCCC[C@](CC)(CN1C(=O)C=CC1=O)CC(C)(C)OCCC(C)C. The second kappa shape index (κ2) is 11.7. The summed E-state index contributed by atoms with van der Waals surface area (Å²) >= 11 is 0. The van der Waals surface area contributed by atoms with Gasteiger partial charge in [0.05, 0.1) is 5.60 Å². The van der Waals surface area contributed by atoms with Crippen molar-refractivity contribution in [1.29, 1.82) is 0 Å². The van der Waals surface area contributed by atoms with E-state index in [4.69, 9.17) is 4.74 Å². The largest absolute Gasteiger partial charge is 0.376 e. The van der Waals surface area contributed by atoms with Crippen LogP contribution in [-0.2, 0) is 14.3 Å². The molecule has 1 atom stereocenters. The molecule has 2 amide bonds. The van der Waals surface area contributed by atoms with Crippen molar-refractivity contribution in [3.63, 3.8) is 0 Å². The molecule has 162 valence electrons. The lowest BCUT2D eigenvalue weighted by molar-refractivity contribution is -0.140. The smallest absolute Gasteiger partial charge is 0.253 e. The molecular weight excluding hydrogens is 350 g/mol. The van der Waals surface area contributed by atoms with Crippen LogP contribution >= 0.6 is 0 Å². The summed E-state index contributed by atoms with van der Waals surface area (Å²) in [6.07, 6.45) is 12.8. The molecule has 0 radical (unpaired) electrons. The maximum absolute atomic E-state index is 12.2. The molecule has 4 heteroatoms. The first kappa shape index (κ1) is 24.9. The second-order valence-corrected chi connectivity index (χ2v) is 9.58. The van der Waals surface area contributed by atoms with Crippen LogP contribution in [0.15, 0.2) is 12.2 Å². The second-order valence-electron chi connectivity index (χ2n) is 9.58. The fraction of sp³-hybridized carbons (Fsp3) is 0.833. The molecule has 0 spiro atoms. The third-order valence-electron chi connectivity index (χ3n) is 5.94. The third kappa shape index (κ3) is 8.46. The molecular formula is C24H43NO3. The summed E-state index contributed by atoms with van der Waals surface area (Å²) in [6, 6.07) is 0. The third-order valence-corrected chi connectivity index (χ3v) is 5.94. The lowest BCUT2D eigenvalue weighted by Crippen LogP contribution is -2.45. The molecule has 4 nitrogen and oxygen atoms in total. The molecule has 1 aliphatic heterocycles. The molecule has 0 saturated carbocycles. The summed E-state index contributed by atoms with van der Waals surface area (Å²) in [5.74, 6) is 0.274. The highest BCUT2D eigenvalue weighted by atomic mass is 16.5. The molecule has 0 aromatic rings. The van der Waals surface area contributed by atoms with Crippen LogP contribution in [0.25, 0.3) is 0 Å². The molecule has 0 bridgehead atoms. The summed E-state index contributed by atoms with van der Waals surface area (Å²) in [5.41, 5.74) is -0.363. The number of carbonyl (C=O) groups excluding carboxylic acids is 2. The Kier molecular flexibility index (Phi) is 10.4. The van der Waals surface area contributed by atoms with Gasteiger partial charge < -0.3 is 4.74 Å². The van der Waals surface area contributed by atoms with Gasteiger partial charge in [-0.2, -0.15) is 0 Å². The summed E-state index contributed by atoms with van der Waals surface area (Å²) in [6.45, 7) is 14.4. The minimum Gasteiger partial charge on any atom is -0.376 e. The lowest BCUT2D eigenvalue weighted by Gasteiger charge is -2.42. The standard InChI is InChI=1S/C24H43NO3/c1-7-9-10-11-12-16-24(8-2,19-25-21(26)13-14-22(25)27)18-23(5,6)28-17-15-20(3)4/h13-14,20H,7-12,15-19H2,1-6H3/t24-/m0/s1. The molecule has 28 heavy (non-hydrogen) atoms. The van der Waals surface area contributed by atoms with E-state index < -0.39 is 0 Å². The number of ether oxygens (including phenoxy) is 1. The monoisotopic (exact) mass is 393 g/mol. The van der Waals surface area contributed by atoms with Gasteiger partial charge in [0.2, 0.25) is 0 Å². The van der Waals surface area contributed by atoms with Crippen LogP contribution in [0.5, 0.6) is 0 Å². The van der Waals surface area contributed by atoms with E-state index in [1.807, 2.05) is 0 Å². The minimum absolute atomic E-state index is 0.0924. The van der Waals surface area contributed by atoms with Gasteiger partial charge in [-0.15, -0.1) is 0 Å². The van der Waals surface area contributed by atoms with Crippen LogP contribution in [0.2, 0.25) is 0 Å². The molecule has 0 aromatic carbocycles. The van der Waals surface area contributed by atoms with Gasteiger partial charge in [-0.05, 0) is 50.9 Å². The molecule has 1 rings (SSSR count). The van der Waals surface area contributed by atoms with Crippen molar-refractivity contribution in [3.05, 3.63) is 12.2 Å². The van der Waals surface area contributed by atoms with Crippen molar-refractivity contribution < 1.29 is 14.3 Å². The molecule has 0 fully saturated rings. The van der Waals surface area contributed by atoms with Crippen LogP contribution in [-0.4, -0.2) is 35.5 Å². The summed E-state index contributed by atoms with van der Waals surface area (Å²) in [5, 5.41) is 0. The Morgan fingerprint density at radius 3 is 2.14 bits per heavy atom. The van der Waals surface area contributed by atoms with Gasteiger partial charge in [0.25, 0.3) is 11.8 Å². The molecule has 1 aliphatic rings. The fourth-order valence-corrected chi connectivity index (χ4v) is 4.19. The quantitative estimate of drug-likeness (QED) is 0.257. The van der Waals surface area contributed by atoms with Crippen molar-refractivity contribution in [3.8, 4) is 0 Å². The Bertz CT molecular complexity index is 506. The van der Waals surface area contributed by atoms with Gasteiger partial charge >= 0.3 is 0 Å². The van der Waals surface area contributed by atoms with Gasteiger partial charge in [-0.1, -0.05) is 59.8 Å². The number of amides is 2. The van der Waals surface area contributed by atoms with E-state index in [1.54, 1.807) is 0 Å². The number of rotatable bonds is 15. The number of hydrogen-bond acceptors (Lipinski definition) is 3. The van der Waals surface area contributed by atoms with E-state index >= 15 is 0 Å². The minimum atomic E-state index is -0.270. The number of nitrogens with zero attached hydrogens (tertiary/aromatic N) is 1. The Hall–Kier alpha value is -1.16. The number of carbonyl (C=O) groups is 2. The van der Waals surface area contributed by atoms with Gasteiger partial charge in [-0.3, -0.25) is 14.5 Å². The maximum Gasteiger partial charge on any atom is 0.253 e. The van der Waals surface area contributed by atoms with Crippen molar-refractivity contribution in [2.45, 2.75) is 105 Å². The zero-order chi connectivity index (χ0) is 21.2. The Labute approximate surface area is 173 Å². The predicted molar refractivity (Wildman–Crippen MR) is 116 cm³/mol. The molecule has 0 saturated heterocycles. The van der Waals surface area contributed by atoms with Gasteiger partial charge in [-0.25, -0.2) is 0 Å². The topological polar surface area (TPSA) is 46.6 Å². The highest BCUT2D eigenvalue weighted by molar-refractivity contribution is 6.12. The van der Waals surface area contributed by atoms with Crippen molar-refractivity contribution in [2.75, 3.05) is 13.2 Å². The highest BCUT2D eigenvalue weighted by Gasteiger charge is 2.39. The number of imide groups is 1. The molecule has 0 unspecified atom stereocenters. The Balaban J connectivity index is 2.84. The van der Waals surface area contributed by atoms with Crippen LogP contribution in [0.4, 0.5) is 0 Å². The van der Waals surface area contributed by atoms with Crippen LogP contribution < -0.4 is 0 Å². The first-order valence-electron chi connectivity index (χ1n) is 11.3.